The van der Waals surface area contributed by atoms with E-state index in [9.17, 15) is 0 Å². The maximum Gasteiger partial charge on any atom is 0.157 e. The zero-order valence-corrected chi connectivity index (χ0v) is 11.2. The van der Waals surface area contributed by atoms with Gasteiger partial charge in [0, 0.05) is 17.0 Å². The van der Waals surface area contributed by atoms with E-state index in [1.807, 2.05) is 23.5 Å². The monoisotopic (exact) mass is 244 g/mol. The van der Waals surface area contributed by atoms with Crippen LogP contribution in [0.3, 0.4) is 0 Å². The molecule has 0 amide bonds. The molecule has 2 heterocycles. The highest BCUT2D eigenvalue weighted by molar-refractivity contribution is 8.13. The molecular formula is C11H20N2S2. The Hall–Kier alpha value is 0.170. The first-order valence-corrected chi connectivity index (χ1v) is 7.92. The molecule has 0 aromatic rings. The zero-order chi connectivity index (χ0) is 10.7. The van der Waals surface area contributed by atoms with Crippen LogP contribution in [-0.4, -0.2) is 34.0 Å². The van der Waals surface area contributed by atoms with Crippen molar-refractivity contribution in [2.75, 3.05) is 17.3 Å². The predicted molar refractivity (Wildman–Crippen MR) is 72.1 cm³/mol. The molecule has 2 atom stereocenters. The second-order valence-electron chi connectivity index (χ2n) is 4.59. The van der Waals surface area contributed by atoms with E-state index in [4.69, 9.17) is 4.99 Å². The fraction of sp³-hybridized carbons (Fsp3) is 0.909. The average Bonchev–Trinajstić information content (AvgIpc) is 2.71. The van der Waals surface area contributed by atoms with Crippen LogP contribution in [0.1, 0.15) is 33.1 Å². The van der Waals surface area contributed by atoms with E-state index in [-0.39, 0.29) is 5.54 Å². The predicted octanol–water partition coefficient (Wildman–Crippen LogP) is 2.74. The molecule has 4 heteroatoms. The molecule has 0 saturated carbocycles. The molecule has 0 spiro atoms. The summed E-state index contributed by atoms with van der Waals surface area (Å²) in [6.45, 7) is 4.57. The minimum atomic E-state index is 0.288. The summed E-state index contributed by atoms with van der Waals surface area (Å²) in [4.78, 5) is 4.83. The summed E-state index contributed by atoms with van der Waals surface area (Å²) in [5.74, 6) is 3.72. The largest absolute Gasteiger partial charge is 0.360 e. The van der Waals surface area contributed by atoms with Crippen molar-refractivity contribution in [1.82, 2.24) is 5.32 Å². The Morgan fingerprint density at radius 2 is 2.40 bits per heavy atom. The molecule has 2 saturated heterocycles. The van der Waals surface area contributed by atoms with Gasteiger partial charge in [0.2, 0.25) is 0 Å². The molecular weight excluding hydrogens is 224 g/mol. The van der Waals surface area contributed by atoms with Gasteiger partial charge in [-0.1, -0.05) is 18.7 Å². The van der Waals surface area contributed by atoms with Crippen LogP contribution in [0.4, 0.5) is 0 Å². The number of thioether (sulfide) groups is 2. The number of amidine groups is 1. The standard InChI is InChI=1S/C11H20N2S2/c1-3-11(2)5-7-15-10(13-11)12-9-4-6-14-8-9/h9H,3-8H2,1-2H3,(H,12,13). The summed E-state index contributed by atoms with van der Waals surface area (Å²) in [6.07, 6.45) is 3.71. The van der Waals surface area contributed by atoms with Gasteiger partial charge in [-0.3, -0.25) is 4.99 Å². The third-order valence-corrected chi connectivity index (χ3v) is 5.32. The van der Waals surface area contributed by atoms with Gasteiger partial charge in [-0.15, -0.1) is 0 Å². The third-order valence-electron chi connectivity index (χ3n) is 3.29. The Bertz CT molecular complexity index is 249. The molecule has 86 valence electrons. The number of hydrogen-bond donors (Lipinski definition) is 1. The van der Waals surface area contributed by atoms with Gasteiger partial charge < -0.3 is 5.32 Å². The van der Waals surface area contributed by atoms with Crippen molar-refractivity contribution in [3.63, 3.8) is 0 Å². The number of aliphatic imine (C=N–C) groups is 1. The normalized spacial score (nSPS) is 39.3. The first-order chi connectivity index (χ1) is 7.22. The van der Waals surface area contributed by atoms with E-state index in [2.05, 4.69) is 19.2 Å². The SMILES string of the molecule is CCC1(C)CCSC(=NC2CCSC2)N1. The van der Waals surface area contributed by atoms with Crippen LogP contribution in [0.15, 0.2) is 4.99 Å². The van der Waals surface area contributed by atoms with Crippen molar-refractivity contribution in [3.8, 4) is 0 Å². The molecule has 0 aliphatic carbocycles. The quantitative estimate of drug-likeness (QED) is 0.808. The molecule has 2 aliphatic heterocycles. The van der Waals surface area contributed by atoms with Crippen molar-refractivity contribution >= 4 is 28.7 Å². The van der Waals surface area contributed by atoms with Crippen LogP contribution in [0.25, 0.3) is 0 Å². The lowest BCUT2D eigenvalue weighted by Gasteiger charge is -2.35. The molecule has 15 heavy (non-hydrogen) atoms. The summed E-state index contributed by atoms with van der Waals surface area (Å²) in [6, 6.07) is 0.573. The number of hydrogen-bond acceptors (Lipinski definition) is 3. The smallest absolute Gasteiger partial charge is 0.157 e. The molecule has 0 radical (unpaired) electrons. The second-order valence-corrected chi connectivity index (χ2v) is 6.82. The van der Waals surface area contributed by atoms with Crippen LogP contribution in [0.2, 0.25) is 0 Å². The van der Waals surface area contributed by atoms with Crippen molar-refractivity contribution in [1.29, 1.82) is 0 Å². The molecule has 2 unspecified atom stereocenters. The van der Waals surface area contributed by atoms with Crippen molar-refractivity contribution in [2.24, 2.45) is 4.99 Å². The van der Waals surface area contributed by atoms with Gasteiger partial charge in [-0.25, -0.2) is 0 Å². The number of nitrogens with zero attached hydrogens (tertiary/aromatic N) is 1. The molecule has 2 fully saturated rings. The van der Waals surface area contributed by atoms with Gasteiger partial charge in [0.25, 0.3) is 0 Å². The summed E-state index contributed by atoms with van der Waals surface area (Å²) >= 11 is 3.93. The van der Waals surface area contributed by atoms with Gasteiger partial charge in [0.15, 0.2) is 5.17 Å². The van der Waals surface area contributed by atoms with Gasteiger partial charge in [0.1, 0.15) is 0 Å². The van der Waals surface area contributed by atoms with Crippen LogP contribution in [0.5, 0.6) is 0 Å². The van der Waals surface area contributed by atoms with Crippen molar-refractivity contribution < 1.29 is 0 Å². The Morgan fingerprint density at radius 1 is 1.53 bits per heavy atom. The zero-order valence-electron chi connectivity index (χ0n) is 9.58. The Balaban J connectivity index is 1.97. The molecule has 2 rings (SSSR count). The minimum Gasteiger partial charge on any atom is -0.360 e. The molecule has 2 aliphatic rings. The Morgan fingerprint density at radius 3 is 3.07 bits per heavy atom. The van der Waals surface area contributed by atoms with Gasteiger partial charge in [-0.05, 0) is 31.9 Å². The molecule has 0 aromatic heterocycles. The van der Waals surface area contributed by atoms with Gasteiger partial charge in [-0.2, -0.15) is 11.8 Å². The molecule has 2 nitrogen and oxygen atoms in total. The van der Waals surface area contributed by atoms with E-state index in [0.29, 0.717) is 6.04 Å². The fourth-order valence-corrected chi connectivity index (χ4v) is 4.26. The van der Waals surface area contributed by atoms with E-state index in [1.165, 1.54) is 41.7 Å². The Labute approximate surface area is 101 Å². The third kappa shape index (κ3) is 3.06. The lowest BCUT2D eigenvalue weighted by Crippen LogP contribution is -2.48. The molecule has 1 N–H and O–H groups in total. The van der Waals surface area contributed by atoms with Gasteiger partial charge in [0.05, 0.1) is 6.04 Å². The van der Waals surface area contributed by atoms with E-state index >= 15 is 0 Å². The lowest BCUT2D eigenvalue weighted by molar-refractivity contribution is 0.389. The highest BCUT2D eigenvalue weighted by atomic mass is 32.2. The minimum absolute atomic E-state index is 0.288. The van der Waals surface area contributed by atoms with E-state index < -0.39 is 0 Å². The fourth-order valence-electron chi connectivity index (χ4n) is 1.85. The molecule has 0 bridgehead atoms. The highest BCUT2D eigenvalue weighted by Crippen LogP contribution is 2.27. The van der Waals surface area contributed by atoms with Crippen LogP contribution in [0, 0.1) is 0 Å². The topological polar surface area (TPSA) is 24.4 Å². The van der Waals surface area contributed by atoms with Crippen molar-refractivity contribution in [3.05, 3.63) is 0 Å². The van der Waals surface area contributed by atoms with Gasteiger partial charge >= 0.3 is 0 Å². The first kappa shape index (κ1) is 11.6. The van der Waals surface area contributed by atoms with Crippen LogP contribution < -0.4 is 5.32 Å². The Kier molecular flexibility index (Phi) is 3.88. The lowest BCUT2D eigenvalue weighted by atomic mass is 9.96. The molecule has 0 aromatic carbocycles. The summed E-state index contributed by atoms with van der Waals surface area (Å²) in [7, 11) is 0. The number of nitrogens with one attached hydrogen (secondary N) is 1. The summed E-state index contributed by atoms with van der Waals surface area (Å²) in [5, 5.41) is 4.80. The summed E-state index contributed by atoms with van der Waals surface area (Å²) < 4.78 is 0. The number of rotatable bonds is 2. The van der Waals surface area contributed by atoms with E-state index in [1.54, 1.807) is 0 Å². The highest BCUT2D eigenvalue weighted by Gasteiger charge is 2.28. The van der Waals surface area contributed by atoms with Crippen molar-refractivity contribution in [2.45, 2.75) is 44.7 Å². The van der Waals surface area contributed by atoms with Crippen LogP contribution >= 0.6 is 23.5 Å². The van der Waals surface area contributed by atoms with E-state index in [0.717, 1.165) is 0 Å². The average molecular weight is 244 g/mol. The maximum atomic E-state index is 4.83. The summed E-state index contributed by atoms with van der Waals surface area (Å²) in [5.41, 5.74) is 0.288. The van der Waals surface area contributed by atoms with Crippen LogP contribution in [-0.2, 0) is 0 Å². The first-order valence-electron chi connectivity index (χ1n) is 5.78. The maximum absolute atomic E-state index is 4.83. The second kappa shape index (κ2) is 5.00.